The zero-order valence-corrected chi connectivity index (χ0v) is 10.7. The molecule has 0 radical (unpaired) electrons. The average molecular weight is 251 g/mol. The summed E-state index contributed by atoms with van der Waals surface area (Å²) in [5, 5.41) is 12.6. The van der Waals surface area contributed by atoms with E-state index in [2.05, 4.69) is 15.5 Å². The molecule has 0 spiro atoms. The van der Waals surface area contributed by atoms with Gasteiger partial charge in [-0.1, -0.05) is 17.4 Å². The molecule has 0 aliphatic carbocycles. The lowest BCUT2D eigenvalue weighted by molar-refractivity contribution is 0.356. The van der Waals surface area contributed by atoms with Crippen LogP contribution in [0.2, 0.25) is 0 Å². The Morgan fingerprint density at radius 2 is 2.00 bits per heavy atom. The van der Waals surface area contributed by atoms with Crippen LogP contribution < -0.4 is 14.8 Å². The van der Waals surface area contributed by atoms with Crippen LogP contribution in [0.4, 0.5) is 5.13 Å². The first-order chi connectivity index (χ1) is 8.30. The number of methoxy groups -OCH3 is 2. The largest absolute Gasteiger partial charge is 0.493 e. The monoisotopic (exact) mass is 251 g/mol. The van der Waals surface area contributed by atoms with E-state index in [4.69, 9.17) is 9.47 Å². The van der Waals surface area contributed by atoms with Gasteiger partial charge < -0.3 is 14.8 Å². The molecule has 1 N–H and O–H groups in total. The van der Waals surface area contributed by atoms with Crippen LogP contribution in [0.3, 0.4) is 0 Å². The van der Waals surface area contributed by atoms with Gasteiger partial charge in [-0.2, -0.15) is 0 Å². The number of aromatic nitrogens is 2. The van der Waals surface area contributed by atoms with Crippen molar-refractivity contribution in [3.05, 3.63) is 18.2 Å². The quantitative estimate of drug-likeness (QED) is 0.903. The lowest BCUT2D eigenvalue weighted by Crippen LogP contribution is -1.92. The Morgan fingerprint density at radius 1 is 1.18 bits per heavy atom. The average Bonchev–Trinajstić information content (AvgIpc) is 2.86. The van der Waals surface area contributed by atoms with Gasteiger partial charge in [0.05, 0.1) is 19.8 Å². The number of hydrogen-bond acceptors (Lipinski definition) is 6. The summed E-state index contributed by atoms with van der Waals surface area (Å²) in [4.78, 5) is 0. The Morgan fingerprint density at radius 3 is 2.59 bits per heavy atom. The number of nitrogens with one attached hydrogen (secondary N) is 1. The van der Waals surface area contributed by atoms with Gasteiger partial charge in [-0.3, -0.25) is 0 Å². The minimum absolute atomic E-state index is 0.675. The maximum Gasteiger partial charge on any atom is 0.205 e. The van der Waals surface area contributed by atoms with Crippen LogP contribution in [0, 0.1) is 0 Å². The Labute approximate surface area is 103 Å². The highest BCUT2D eigenvalue weighted by molar-refractivity contribution is 7.18. The predicted octanol–water partition coefficient (Wildman–Crippen LogP) is 2.26. The van der Waals surface area contributed by atoms with Crippen molar-refractivity contribution in [3.8, 4) is 22.1 Å². The normalized spacial score (nSPS) is 10.1. The summed E-state index contributed by atoms with van der Waals surface area (Å²) >= 11 is 1.47. The lowest BCUT2D eigenvalue weighted by atomic mass is 10.2. The van der Waals surface area contributed by atoms with Crippen molar-refractivity contribution in [3.63, 3.8) is 0 Å². The summed E-state index contributed by atoms with van der Waals surface area (Å²) in [6, 6.07) is 5.68. The molecule has 0 fully saturated rings. The highest BCUT2D eigenvalue weighted by Gasteiger charge is 2.14. The van der Waals surface area contributed by atoms with Crippen LogP contribution >= 0.6 is 11.3 Å². The molecule has 0 unspecified atom stereocenters. The number of benzene rings is 1. The molecular weight excluding hydrogens is 238 g/mol. The van der Waals surface area contributed by atoms with E-state index in [1.807, 2.05) is 25.2 Å². The third kappa shape index (κ3) is 2.16. The summed E-state index contributed by atoms with van der Waals surface area (Å²) in [6.07, 6.45) is 0. The SMILES string of the molecule is CNc1nnc(-c2cccc(OC)c2OC)s1. The minimum Gasteiger partial charge on any atom is -0.493 e. The first-order valence-electron chi connectivity index (χ1n) is 5.02. The van der Waals surface area contributed by atoms with Crippen molar-refractivity contribution < 1.29 is 9.47 Å². The van der Waals surface area contributed by atoms with Crippen molar-refractivity contribution in [2.75, 3.05) is 26.6 Å². The van der Waals surface area contributed by atoms with Crippen LogP contribution in [0.1, 0.15) is 0 Å². The molecule has 2 rings (SSSR count). The van der Waals surface area contributed by atoms with Crippen molar-refractivity contribution in [1.29, 1.82) is 0 Å². The van der Waals surface area contributed by atoms with Gasteiger partial charge >= 0.3 is 0 Å². The first kappa shape index (κ1) is 11.7. The fourth-order valence-corrected chi connectivity index (χ4v) is 2.21. The Bertz CT molecular complexity index is 513. The van der Waals surface area contributed by atoms with E-state index < -0.39 is 0 Å². The van der Waals surface area contributed by atoms with Crippen molar-refractivity contribution in [2.24, 2.45) is 0 Å². The summed E-state index contributed by atoms with van der Waals surface area (Å²) in [5.41, 5.74) is 0.880. The molecule has 2 aromatic rings. The molecule has 0 bridgehead atoms. The molecule has 90 valence electrons. The highest BCUT2D eigenvalue weighted by Crippen LogP contribution is 2.39. The molecule has 5 nitrogen and oxygen atoms in total. The van der Waals surface area contributed by atoms with Gasteiger partial charge in [0, 0.05) is 7.05 Å². The van der Waals surface area contributed by atoms with Gasteiger partial charge in [0.1, 0.15) is 0 Å². The van der Waals surface area contributed by atoms with Crippen LogP contribution in [0.5, 0.6) is 11.5 Å². The molecule has 17 heavy (non-hydrogen) atoms. The molecule has 0 saturated carbocycles. The van der Waals surface area contributed by atoms with Crippen LogP contribution in [-0.2, 0) is 0 Å². The maximum absolute atomic E-state index is 5.36. The third-order valence-electron chi connectivity index (χ3n) is 2.27. The molecular formula is C11H13N3O2S. The molecule has 0 saturated heterocycles. The second-order valence-corrected chi connectivity index (χ2v) is 4.18. The zero-order chi connectivity index (χ0) is 12.3. The summed E-state index contributed by atoms with van der Waals surface area (Å²) < 4.78 is 10.6. The van der Waals surface area contributed by atoms with Gasteiger partial charge in [0.15, 0.2) is 16.5 Å². The number of nitrogens with zero attached hydrogens (tertiary/aromatic N) is 2. The van der Waals surface area contributed by atoms with Crippen molar-refractivity contribution >= 4 is 16.5 Å². The van der Waals surface area contributed by atoms with Gasteiger partial charge in [-0.25, -0.2) is 0 Å². The number of ether oxygens (including phenoxy) is 2. The standard InChI is InChI=1S/C11H13N3O2S/c1-12-11-14-13-10(17-11)7-5-4-6-8(15-2)9(7)16-3/h4-6H,1-3H3,(H,12,14). The van der Waals surface area contributed by atoms with Crippen LogP contribution in [0.15, 0.2) is 18.2 Å². The molecule has 1 aromatic heterocycles. The Kier molecular flexibility index (Phi) is 3.43. The second kappa shape index (κ2) is 5.01. The summed E-state index contributed by atoms with van der Waals surface area (Å²) in [5.74, 6) is 1.36. The molecule has 0 aliphatic heterocycles. The van der Waals surface area contributed by atoms with E-state index in [1.165, 1.54) is 11.3 Å². The Balaban J connectivity index is 2.50. The molecule has 6 heteroatoms. The number of hydrogen-bond donors (Lipinski definition) is 1. The van der Waals surface area contributed by atoms with E-state index in [0.29, 0.717) is 11.5 Å². The van der Waals surface area contributed by atoms with Gasteiger partial charge in [0.2, 0.25) is 5.13 Å². The van der Waals surface area contributed by atoms with Gasteiger partial charge in [0.25, 0.3) is 0 Å². The highest BCUT2D eigenvalue weighted by atomic mass is 32.1. The molecule has 0 atom stereocenters. The van der Waals surface area contributed by atoms with E-state index in [-0.39, 0.29) is 0 Å². The van der Waals surface area contributed by atoms with E-state index >= 15 is 0 Å². The maximum atomic E-state index is 5.36. The van der Waals surface area contributed by atoms with Crippen molar-refractivity contribution in [2.45, 2.75) is 0 Å². The zero-order valence-electron chi connectivity index (χ0n) is 9.85. The number of rotatable bonds is 4. The van der Waals surface area contributed by atoms with Gasteiger partial charge in [-0.05, 0) is 12.1 Å². The minimum atomic E-state index is 0.675. The lowest BCUT2D eigenvalue weighted by Gasteiger charge is -2.10. The molecule has 1 heterocycles. The topological polar surface area (TPSA) is 56.3 Å². The molecule has 1 aromatic carbocycles. The van der Waals surface area contributed by atoms with Crippen molar-refractivity contribution in [1.82, 2.24) is 10.2 Å². The van der Waals surface area contributed by atoms with Crippen LogP contribution in [0.25, 0.3) is 10.6 Å². The van der Waals surface area contributed by atoms with E-state index in [0.717, 1.165) is 15.7 Å². The fourth-order valence-electron chi connectivity index (χ4n) is 1.49. The van der Waals surface area contributed by atoms with Crippen LogP contribution in [-0.4, -0.2) is 31.5 Å². The smallest absolute Gasteiger partial charge is 0.205 e. The second-order valence-electron chi connectivity index (χ2n) is 3.20. The summed E-state index contributed by atoms with van der Waals surface area (Å²) in [7, 11) is 5.04. The number of anilines is 1. The van der Waals surface area contributed by atoms with E-state index in [1.54, 1.807) is 14.2 Å². The number of para-hydroxylation sites is 1. The summed E-state index contributed by atoms with van der Waals surface area (Å²) in [6.45, 7) is 0. The van der Waals surface area contributed by atoms with Gasteiger partial charge in [-0.15, -0.1) is 10.2 Å². The molecule has 0 aliphatic rings. The van der Waals surface area contributed by atoms with E-state index in [9.17, 15) is 0 Å². The molecule has 0 amide bonds. The third-order valence-corrected chi connectivity index (χ3v) is 3.25. The predicted molar refractivity (Wildman–Crippen MR) is 68.0 cm³/mol. The Hall–Kier alpha value is -1.82. The fraction of sp³-hybridized carbons (Fsp3) is 0.273. The first-order valence-corrected chi connectivity index (χ1v) is 5.84.